The maximum absolute atomic E-state index is 13.1. The lowest BCUT2D eigenvalue weighted by atomic mass is 10.1. The fourth-order valence-corrected chi connectivity index (χ4v) is 4.38. The molecule has 1 N–H and O–H groups in total. The largest absolute Gasteiger partial charge is 0.352 e. The Morgan fingerprint density at radius 2 is 1.73 bits per heavy atom. The van der Waals surface area contributed by atoms with Crippen molar-refractivity contribution in [3.8, 4) is 0 Å². The van der Waals surface area contributed by atoms with Crippen molar-refractivity contribution in [1.29, 1.82) is 0 Å². The monoisotopic (exact) mass is 554 g/mol. The summed E-state index contributed by atoms with van der Waals surface area (Å²) in [5.74, 6) is 0.914. The number of rotatable bonds is 10. The molecule has 0 saturated carbocycles. The van der Waals surface area contributed by atoms with E-state index in [0.29, 0.717) is 12.3 Å². The van der Waals surface area contributed by atoms with Crippen LogP contribution in [0, 0.1) is 0 Å². The van der Waals surface area contributed by atoms with Gasteiger partial charge >= 0.3 is 0 Å². The van der Waals surface area contributed by atoms with Crippen molar-refractivity contribution >= 4 is 55.4 Å². The van der Waals surface area contributed by atoms with Crippen molar-refractivity contribution in [3.05, 3.63) is 68.6 Å². The van der Waals surface area contributed by atoms with Crippen LogP contribution < -0.4 is 5.32 Å². The number of carbonyl (C=O) groups is 2. The van der Waals surface area contributed by atoms with Gasteiger partial charge in [-0.2, -0.15) is 0 Å². The van der Waals surface area contributed by atoms with Crippen molar-refractivity contribution in [2.45, 2.75) is 51.6 Å². The molecule has 0 unspecified atom stereocenters. The molecule has 2 aromatic carbocycles. The van der Waals surface area contributed by atoms with Gasteiger partial charge in [-0.05, 0) is 55.7 Å². The van der Waals surface area contributed by atoms with E-state index in [1.54, 1.807) is 23.6 Å². The molecule has 2 atom stereocenters. The van der Waals surface area contributed by atoms with Gasteiger partial charge in [0.05, 0.1) is 5.75 Å². The summed E-state index contributed by atoms with van der Waals surface area (Å²) in [6.45, 7) is 6.19. The zero-order valence-electron chi connectivity index (χ0n) is 17.5. The third kappa shape index (κ3) is 8.08. The minimum atomic E-state index is -0.543. The summed E-state index contributed by atoms with van der Waals surface area (Å²) in [7, 11) is 0. The minimum Gasteiger partial charge on any atom is -0.352 e. The van der Waals surface area contributed by atoms with E-state index in [4.69, 9.17) is 0 Å². The summed E-state index contributed by atoms with van der Waals surface area (Å²) in [4.78, 5) is 27.5. The van der Waals surface area contributed by atoms with Crippen LogP contribution in [0.1, 0.15) is 38.3 Å². The summed E-state index contributed by atoms with van der Waals surface area (Å²) in [6.07, 6.45) is 0.848. The van der Waals surface area contributed by atoms with Crippen LogP contribution >= 0.6 is 43.6 Å². The van der Waals surface area contributed by atoms with Gasteiger partial charge in [0.25, 0.3) is 0 Å². The van der Waals surface area contributed by atoms with Crippen LogP contribution in [0.15, 0.2) is 57.5 Å². The number of hydrogen-bond acceptors (Lipinski definition) is 3. The first kappa shape index (κ1) is 25.0. The van der Waals surface area contributed by atoms with E-state index in [-0.39, 0.29) is 17.9 Å². The molecular weight excluding hydrogens is 528 g/mol. The van der Waals surface area contributed by atoms with E-state index < -0.39 is 6.04 Å². The summed E-state index contributed by atoms with van der Waals surface area (Å²) < 4.78 is 1.99. The number of halogens is 2. The number of carbonyl (C=O) groups excluding carboxylic acids is 2. The Balaban J connectivity index is 2.07. The molecule has 162 valence electrons. The fraction of sp³-hybridized carbons (Fsp3) is 0.391. The lowest BCUT2D eigenvalue weighted by molar-refractivity contribution is -0.138. The molecule has 2 amide bonds. The Morgan fingerprint density at radius 3 is 2.37 bits per heavy atom. The van der Waals surface area contributed by atoms with Crippen molar-refractivity contribution in [3.63, 3.8) is 0 Å². The van der Waals surface area contributed by atoms with Gasteiger partial charge in [0.1, 0.15) is 6.04 Å². The van der Waals surface area contributed by atoms with Crippen LogP contribution in [-0.4, -0.2) is 34.6 Å². The predicted octanol–water partition coefficient (Wildman–Crippen LogP) is 5.78. The second kappa shape index (κ2) is 12.5. The van der Waals surface area contributed by atoms with Crippen LogP contribution in [0.5, 0.6) is 0 Å². The molecule has 0 aliphatic rings. The van der Waals surface area contributed by atoms with Gasteiger partial charge in [0.2, 0.25) is 11.8 Å². The van der Waals surface area contributed by atoms with Crippen LogP contribution in [0.3, 0.4) is 0 Å². The SMILES string of the molecule is CC[C@H](C)NC(=O)[C@@H](C)N(Cc1cccc(Br)c1)C(=O)CSCc1ccc(Br)cc1. The Bertz CT molecular complexity index is 845. The van der Waals surface area contributed by atoms with E-state index >= 15 is 0 Å². The predicted molar refractivity (Wildman–Crippen MR) is 132 cm³/mol. The highest BCUT2D eigenvalue weighted by Gasteiger charge is 2.26. The molecule has 0 spiro atoms. The van der Waals surface area contributed by atoms with E-state index in [1.807, 2.05) is 62.4 Å². The maximum atomic E-state index is 13.1. The van der Waals surface area contributed by atoms with Gasteiger partial charge in [-0.1, -0.05) is 63.0 Å². The first-order chi connectivity index (χ1) is 14.3. The Hall–Kier alpha value is -1.31. The molecular formula is C23H28Br2N2O2S. The molecule has 0 radical (unpaired) electrons. The van der Waals surface area contributed by atoms with Crippen molar-refractivity contribution in [1.82, 2.24) is 10.2 Å². The molecule has 2 rings (SSSR count). The van der Waals surface area contributed by atoms with Crippen LogP contribution in [0.4, 0.5) is 0 Å². The number of thioether (sulfide) groups is 1. The fourth-order valence-electron chi connectivity index (χ4n) is 2.80. The molecule has 0 aliphatic carbocycles. The standard InChI is InChI=1S/C23H28Br2N2O2S/c1-4-16(2)26-23(29)17(3)27(13-19-6-5-7-21(25)12-19)22(28)15-30-14-18-8-10-20(24)11-9-18/h5-12,16-17H,4,13-15H2,1-3H3,(H,26,29)/t16-,17+/m0/s1. The summed E-state index contributed by atoms with van der Waals surface area (Å²) >= 11 is 8.48. The zero-order chi connectivity index (χ0) is 22.1. The third-order valence-electron chi connectivity index (χ3n) is 4.82. The molecule has 2 aromatic rings. The van der Waals surface area contributed by atoms with Crippen molar-refractivity contribution in [2.75, 3.05) is 5.75 Å². The average molecular weight is 556 g/mol. The number of nitrogens with one attached hydrogen (secondary N) is 1. The Labute approximate surface area is 200 Å². The summed E-state index contributed by atoms with van der Waals surface area (Å²) in [5.41, 5.74) is 2.15. The number of benzene rings is 2. The molecule has 0 aromatic heterocycles. The summed E-state index contributed by atoms with van der Waals surface area (Å²) in [5, 5.41) is 3.00. The molecule has 7 heteroatoms. The molecule has 0 fully saturated rings. The average Bonchev–Trinajstić information content (AvgIpc) is 2.72. The molecule has 0 heterocycles. The lowest BCUT2D eigenvalue weighted by Crippen LogP contribution is -2.50. The van der Waals surface area contributed by atoms with Crippen LogP contribution in [-0.2, 0) is 21.9 Å². The van der Waals surface area contributed by atoms with Gasteiger partial charge < -0.3 is 10.2 Å². The molecule has 0 bridgehead atoms. The first-order valence-corrected chi connectivity index (χ1v) is 12.7. The second-order valence-corrected chi connectivity index (χ2v) is 10.1. The second-order valence-electron chi connectivity index (χ2n) is 7.26. The van der Waals surface area contributed by atoms with Gasteiger partial charge in [0, 0.05) is 27.3 Å². The Kier molecular flexibility index (Phi) is 10.4. The quantitative estimate of drug-likeness (QED) is 0.404. The first-order valence-electron chi connectivity index (χ1n) is 9.96. The van der Waals surface area contributed by atoms with Gasteiger partial charge in [-0.25, -0.2) is 0 Å². The summed E-state index contributed by atoms with van der Waals surface area (Å²) in [6, 6.07) is 15.5. The van der Waals surface area contributed by atoms with Gasteiger partial charge in [-0.15, -0.1) is 11.8 Å². The third-order valence-corrected chi connectivity index (χ3v) is 6.83. The van der Waals surface area contributed by atoms with E-state index in [1.165, 1.54) is 0 Å². The highest BCUT2D eigenvalue weighted by atomic mass is 79.9. The lowest BCUT2D eigenvalue weighted by Gasteiger charge is -2.29. The van der Waals surface area contributed by atoms with Crippen LogP contribution in [0.25, 0.3) is 0 Å². The molecule has 0 saturated heterocycles. The smallest absolute Gasteiger partial charge is 0.242 e. The highest BCUT2D eigenvalue weighted by molar-refractivity contribution is 9.10. The molecule has 30 heavy (non-hydrogen) atoms. The maximum Gasteiger partial charge on any atom is 0.242 e. The Morgan fingerprint density at radius 1 is 1.03 bits per heavy atom. The van der Waals surface area contributed by atoms with E-state index in [0.717, 1.165) is 32.2 Å². The van der Waals surface area contributed by atoms with Crippen molar-refractivity contribution in [2.24, 2.45) is 0 Å². The van der Waals surface area contributed by atoms with E-state index in [2.05, 4.69) is 37.2 Å². The topological polar surface area (TPSA) is 49.4 Å². The molecule has 4 nitrogen and oxygen atoms in total. The normalized spacial score (nSPS) is 12.8. The van der Waals surface area contributed by atoms with E-state index in [9.17, 15) is 9.59 Å². The number of nitrogens with zero attached hydrogens (tertiary/aromatic N) is 1. The van der Waals surface area contributed by atoms with Crippen molar-refractivity contribution < 1.29 is 9.59 Å². The van der Waals surface area contributed by atoms with Gasteiger partial charge in [-0.3, -0.25) is 9.59 Å². The van der Waals surface area contributed by atoms with Gasteiger partial charge in [0.15, 0.2) is 0 Å². The van der Waals surface area contributed by atoms with Crippen LogP contribution in [0.2, 0.25) is 0 Å². The number of amides is 2. The highest BCUT2D eigenvalue weighted by Crippen LogP contribution is 2.19. The zero-order valence-corrected chi connectivity index (χ0v) is 21.5. The minimum absolute atomic E-state index is 0.0381. The number of hydrogen-bond donors (Lipinski definition) is 1. The molecule has 0 aliphatic heterocycles.